The van der Waals surface area contributed by atoms with Gasteiger partial charge >= 0.3 is 0 Å². The molecule has 0 fully saturated rings. The molecule has 1 heterocycles. The van der Waals surface area contributed by atoms with Crippen molar-refractivity contribution in [3.8, 4) is 11.8 Å². The van der Waals surface area contributed by atoms with Crippen molar-refractivity contribution in [2.24, 2.45) is 0 Å². The Hall–Kier alpha value is -3.14. The largest absolute Gasteiger partial charge is 0.496 e. The van der Waals surface area contributed by atoms with Crippen LogP contribution in [0.5, 0.6) is 5.75 Å². The van der Waals surface area contributed by atoms with Crippen molar-refractivity contribution >= 4 is 5.69 Å². The fourth-order valence-electron chi connectivity index (χ4n) is 1.90. The van der Waals surface area contributed by atoms with Crippen LogP contribution in [-0.2, 0) is 6.54 Å². The number of hydrogen-bond donors (Lipinski definition) is 0. The number of ether oxygens (including phenoxy) is 1. The number of aromatic nitrogens is 1. The highest BCUT2D eigenvalue weighted by molar-refractivity contribution is 5.43. The van der Waals surface area contributed by atoms with E-state index in [2.05, 4.69) is 0 Å². The van der Waals surface area contributed by atoms with Crippen LogP contribution < -0.4 is 10.3 Å². The van der Waals surface area contributed by atoms with Crippen LogP contribution in [-0.4, -0.2) is 16.6 Å². The molecular weight excluding hydrogens is 274 g/mol. The summed E-state index contributed by atoms with van der Waals surface area (Å²) in [4.78, 5) is 22.3. The van der Waals surface area contributed by atoms with Crippen LogP contribution in [0.15, 0.2) is 41.3 Å². The Morgan fingerprint density at radius 1 is 1.43 bits per heavy atom. The minimum absolute atomic E-state index is 0.0231. The summed E-state index contributed by atoms with van der Waals surface area (Å²) in [7, 11) is 1.41. The second-order valence-electron chi connectivity index (χ2n) is 4.26. The maximum absolute atomic E-state index is 12.0. The molecule has 0 radical (unpaired) electrons. The van der Waals surface area contributed by atoms with Gasteiger partial charge in [-0.3, -0.25) is 14.9 Å². The lowest BCUT2D eigenvalue weighted by Crippen LogP contribution is -2.22. The zero-order chi connectivity index (χ0) is 15.4. The second-order valence-corrected chi connectivity index (χ2v) is 4.26. The number of hydrogen-bond acceptors (Lipinski definition) is 5. The molecule has 0 N–H and O–H groups in total. The Morgan fingerprint density at radius 3 is 2.81 bits per heavy atom. The predicted molar refractivity (Wildman–Crippen MR) is 74.2 cm³/mol. The van der Waals surface area contributed by atoms with Gasteiger partial charge in [-0.05, 0) is 23.8 Å². The molecule has 0 atom stereocenters. The molecule has 7 heteroatoms. The zero-order valence-electron chi connectivity index (χ0n) is 11.1. The molecule has 0 aliphatic heterocycles. The highest BCUT2D eigenvalue weighted by Crippen LogP contribution is 2.22. The number of pyridine rings is 1. The van der Waals surface area contributed by atoms with Gasteiger partial charge in [-0.15, -0.1) is 0 Å². The highest BCUT2D eigenvalue weighted by atomic mass is 16.6. The summed E-state index contributed by atoms with van der Waals surface area (Å²) >= 11 is 0. The van der Waals surface area contributed by atoms with E-state index in [0.29, 0.717) is 11.3 Å². The Morgan fingerprint density at radius 2 is 2.19 bits per heavy atom. The molecule has 1 aromatic carbocycles. The van der Waals surface area contributed by atoms with E-state index in [1.54, 1.807) is 12.1 Å². The maximum atomic E-state index is 12.0. The third-order valence-corrected chi connectivity index (χ3v) is 2.89. The average molecular weight is 285 g/mol. The van der Waals surface area contributed by atoms with Crippen LogP contribution in [0.2, 0.25) is 0 Å². The zero-order valence-corrected chi connectivity index (χ0v) is 11.1. The van der Waals surface area contributed by atoms with Gasteiger partial charge in [0.15, 0.2) is 0 Å². The predicted octanol–water partition coefficient (Wildman–Crippen LogP) is 1.69. The van der Waals surface area contributed by atoms with Crippen LogP contribution >= 0.6 is 0 Å². The normalized spacial score (nSPS) is 9.90. The molecule has 0 aliphatic rings. The summed E-state index contributed by atoms with van der Waals surface area (Å²) in [6.07, 6.45) is 1.52. The van der Waals surface area contributed by atoms with Gasteiger partial charge in [0, 0.05) is 12.3 Å². The number of methoxy groups -OCH3 is 1. The Kier molecular flexibility index (Phi) is 4.00. The summed E-state index contributed by atoms with van der Waals surface area (Å²) in [5.74, 6) is 0.337. The standard InChI is InChI=1S/C14H11N3O4/c1-21-13-6-10(5-12(7-13)17(19)20)9-16-4-2-3-11(8-15)14(16)18/h2-7H,9H2,1H3. The van der Waals surface area contributed by atoms with Crippen LogP contribution in [0.3, 0.4) is 0 Å². The van der Waals surface area contributed by atoms with Gasteiger partial charge in [-0.25, -0.2) is 0 Å². The highest BCUT2D eigenvalue weighted by Gasteiger charge is 2.11. The molecule has 0 spiro atoms. The van der Waals surface area contributed by atoms with Crippen LogP contribution in [0, 0.1) is 21.4 Å². The molecule has 0 bridgehead atoms. The number of nitro benzene ring substituents is 1. The van der Waals surface area contributed by atoms with Crippen molar-refractivity contribution in [3.05, 3.63) is 68.1 Å². The SMILES string of the molecule is COc1cc(Cn2cccc(C#N)c2=O)cc([N+](=O)[O-])c1. The molecular formula is C14H11N3O4. The first-order valence-electron chi connectivity index (χ1n) is 5.97. The molecule has 0 saturated carbocycles. The third-order valence-electron chi connectivity index (χ3n) is 2.89. The first-order valence-corrected chi connectivity index (χ1v) is 5.97. The Balaban J connectivity index is 2.45. The van der Waals surface area contributed by atoms with E-state index < -0.39 is 10.5 Å². The monoisotopic (exact) mass is 285 g/mol. The van der Waals surface area contributed by atoms with E-state index in [1.807, 2.05) is 6.07 Å². The van der Waals surface area contributed by atoms with Crippen molar-refractivity contribution in [1.82, 2.24) is 4.57 Å². The smallest absolute Gasteiger partial charge is 0.273 e. The molecule has 21 heavy (non-hydrogen) atoms. The lowest BCUT2D eigenvalue weighted by molar-refractivity contribution is -0.385. The number of benzene rings is 1. The van der Waals surface area contributed by atoms with Gasteiger partial charge in [0.05, 0.1) is 24.6 Å². The minimum Gasteiger partial charge on any atom is -0.496 e. The maximum Gasteiger partial charge on any atom is 0.273 e. The van der Waals surface area contributed by atoms with Gasteiger partial charge in [0.2, 0.25) is 0 Å². The van der Waals surface area contributed by atoms with Gasteiger partial charge in [0.1, 0.15) is 17.4 Å². The Bertz CT molecular complexity index is 790. The Labute approximate surface area is 119 Å². The number of nitrogens with zero attached hydrogens (tertiary/aromatic N) is 3. The molecule has 0 saturated heterocycles. The number of non-ortho nitro benzene ring substituents is 1. The van der Waals surface area contributed by atoms with E-state index in [4.69, 9.17) is 10.00 Å². The van der Waals surface area contributed by atoms with E-state index in [9.17, 15) is 14.9 Å². The van der Waals surface area contributed by atoms with Gasteiger partial charge < -0.3 is 9.30 Å². The van der Waals surface area contributed by atoms with Crippen molar-refractivity contribution in [2.75, 3.05) is 7.11 Å². The molecule has 7 nitrogen and oxygen atoms in total. The van der Waals surface area contributed by atoms with Gasteiger partial charge in [-0.1, -0.05) is 0 Å². The number of rotatable bonds is 4. The number of nitro groups is 1. The van der Waals surface area contributed by atoms with Crippen molar-refractivity contribution in [3.63, 3.8) is 0 Å². The third kappa shape index (κ3) is 3.06. The van der Waals surface area contributed by atoms with Crippen molar-refractivity contribution in [2.45, 2.75) is 6.54 Å². The summed E-state index contributed by atoms with van der Waals surface area (Å²) < 4.78 is 6.33. The van der Waals surface area contributed by atoms with Crippen LogP contribution in [0.4, 0.5) is 5.69 Å². The van der Waals surface area contributed by atoms with Crippen molar-refractivity contribution in [1.29, 1.82) is 5.26 Å². The fraction of sp³-hybridized carbons (Fsp3) is 0.143. The molecule has 2 rings (SSSR count). The average Bonchev–Trinajstić information content (AvgIpc) is 2.49. The summed E-state index contributed by atoms with van der Waals surface area (Å²) in [6, 6.07) is 9.09. The molecule has 2 aromatic rings. The molecule has 0 unspecified atom stereocenters. The van der Waals surface area contributed by atoms with Crippen molar-refractivity contribution < 1.29 is 9.66 Å². The first kappa shape index (κ1) is 14.3. The summed E-state index contributed by atoms with van der Waals surface area (Å²) in [5, 5.41) is 19.7. The van der Waals surface area contributed by atoms with E-state index in [1.165, 1.54) is 36.1 Å². The lowest BCUT2D eigenvalue weighted by Gasteiger charge is -2.08. The van der Waals surface area contributed by atoms with E-state index in [0.717, 1.165) is 0 Å². The molecule has 1 aromatic heterocycles. The number of nitriles is 1. The van der Waals surface area contributed by atoms with Crippen LogP contribution in [0.1, 0.15) is 11.1 Å². The van der Waals surface area contributed by atoms with Crippen LogP contribution in [0.25, 0.3) is 0 Å². The quantitative estimate of drug-likeness (QED) is 0.628. The lowest BCUT2D eigenvalue weighted by atomic mass is 10.1. The van der Waals surface area contributed by atoms with E-state index in [-0.39, 0.29) is 17.8 Å². The molecule has 0 amide bonds. The van der Waals surface area contributed by atoms with Gasteiger partial charge in [-0.2, -0.15) is 5.26 Å². The minimum atomic E-state index is -0.527. The topological polar surface area (TPSA) is 98.2 Å². The molecule has 106 valence electrons. The fourth-order valence-corrected chi connectivity index (χ4v) is 1.90. The first-order chi connectivity index (χ1) is 10.0. The summed E-state index contributed by atoms with van der Waals surface area (Å²) in [6.45, 7) is 0.117. The van der Waals surface area contributed by atoms with Gasteiger partial charge in [0.25, 0.3) is 11.2 Å². The summed E-state index contributed by atoms with van der Waals surface area (Å²) in [5.41, 5.74) is 0.00689. The van der Waals surface area contributed by atoms with E-state index >= 15 is 0 Å². The molecule has 0 aliphatic carbocycles. The second kappa shape index (κ2) is 5.88.